The molecule has 0 aliphatic carbocycles. The highest BCUT2D eigenvalue weighted by molar-refractivity contribution is 9.10. The number of likely N-dealkylation sites (N-methyl/N-ethyl adjacent to an activating group) is 1. The largest absolute Gasteiger partial charge is 0.313 e. The van der Waals surface area contributed by atoms with Crippen LogP contribution in [0.25, 0.3) is 0 Å². The first-order valence-corrected chi connectivity index (χ1v) is 7.51. The van der Waals surface area contributed by atoms with Gasteiger partial charge in [-0.1, -0.05) is 54.9 Å². The number of rotatable bonds is 7. The van der Waals surface area contributed by atoms with Crippen LogP contribution in [-0.2, 0) is 6.54 Å². The fraction of sp³-hybridized carbons (Fsp3) is 0.600. The van der Waals surface area contributed by atoms with E-state index in [1.807, 2.05) is 0 Å². The average molecular weight is 313 g/mol. The van der Waals surface area contributed by atoms with Crippen LogP contribution in [0.5, 0.6) is 0 Å². The van der Waals surface area contributed by atoms with Crippen LogP contribution in [0.4, 0.5) is 0 Å². The summed E-state index contributed by atoms with van der Waals surface area (Å²) in [5, 5.41) is 3.52. The van der Waals surface area contributed by atoms with E-state index in [9.17, 15) is 0 Å². The van der Waals surface area contributed by atoms with Gasteiger partial charge < -0.3 is 5.32 Å². The molecule has 0 radical (unpaired) electrons. The van der Waals surface area contributed by atoms with Gasteiger partial charge in [-0.3, -0.25) is 4.90 Å². The lowest BCUT2D eigenvalue weighted by atomic mass is 10.1. The van der Waals surface area contributed by atoms with Gasteiger partial charge in [0.25, 0.3) is 0 Å². The fourth-order valence-electron chi connectivity index (χ4n) is 2.01. The van der Waals surface area contributed by atoms with E-state index in [4.69, 9.17) is 0 Å². The first-order valence-electron chi connectivity index (χ1n) is 6.71. The van der Waals surface area contributed by atoms with Crippen LogP contribution in [0.1, 0.15) is 32.8 Å². The maximum atomic E-state index is 3.62. The first kappa shape index (κ1) is 15.7. The lowest BCUT2D eigenvalue weighted by Gasteiger charge is -2.28. The number of nitrogens with one attached hydrogen (secondary N) is 1. The molecule has 3 heteroatoms. The predicted octanol–water partition coefficient (Wildman–Crippen LogP) is 3.66. The van der Waals surface area contributed by atoms with E-state index in [0.29, 0.717) is 12.1 Å². The molecule has 1 unspecified atom stereocenters. The van der Waals surface area contributed by atoms with Crippen LogP contribution in [0.15, 0.2) is 28.7 Å². The highest BCUT2D eigenvalue weighted by Gasteiger charge is 2.14. The second-order valence-corrected chi connectivity index (χ2v) is 5.99. The lowest BCUT2D eigenvalue weighted by Crippen LogP contribution is -2.41. The summed E-state index contributed by atoms with van der Waals surface area (Å²) in [4.78, 5) is 2.43. The van der Waals surface area contributed by atoms with Crippen LogP contribution in [-0.4, -0.2) is 30.6 Å². The Morgan fingerprint density at radius 1 is 1.28 bits per heavy atom. The summed E-state index contributed by atoms with van der Waals surface area (Å²) in [6.45, 7) is 8.68. The summed E-state index contributed by atoms with van der Waals surface area (Å²) in [6.07, 6.45) is 1.17. The number of hydrogen-bond donors (Lipinski definition) is 1. The van der Waals surface area contributed by atoms with E-state index in [-0.39, 0.29) is 0 Å². The summed E-state index contributed by atoms with van der Waals surface area (Å²) in [5.41, 5.74) is 1.35. The number of halogens is 1. The average Bonchev–Trinajstić information content (AvgIpc) is 2.32. The monoisotopic (exact) mass is 312 g/mol. The Morgan fingerprint density at radius 3 is 2.50 bits per heavy atom. The predicted molar refractivity (Wildman–Crippen MR) is 82.8 cm³/mol. The van der Waals surface area contributed by atoms with E-state index in [2.05, 4.69) is 78.2 Å². The summed E-state index contributed by atoms with van der Waals surface area (Å²) < 4.78 is 1.20. The molecule has 0 saturated heterocycles. The molecule has 0 heterocycles. The van der Waals surface area contributed by atoms with Crippen LogP contribution >= 0.6 is 15.9 Å². The fourth-order valence-corrected chi connectivity index (χ4v) is 2.42. The van der Waals surface area contributed by atoms with E-state index in [1.165, 1.54) is 16.5 Å². The molecule has 0 aliphatic rings. The van der Waals surface area contributed by atoms with E-state index >= 15 is 0 Å². The van der Waals surface area contributed by atoms with E-state index in [1.54, 1.807) is 0 Å². The molecule has 0 aromatic heterocycles. The molecule has 102 valence electrons. The second kappa shape index (κ2) is 7.93. The lowest BCUT2D eigenvalue weighted by molar-refractivity contribution is 0.218. The maximum Gasteiger partial charge on any atom is 0.0245 e. The zero-order valence-electron chi connectivity index (χ0n) is 11.9. The highest BCUT2D eigenvalue weighted by atomic mass is 79.9. The molecule has 0 spiro atoms. The third-order valence-electron chi connectivity index (χ3n) is 3.23. The molecular formula is C15H25BrN2. The SMILES string of the molecule is CCC(CNC(C)C)N(C)Cc1ccccc1Br. The molecule has 0 aliphatic heterocycles. The molecule has 1 N–H and O–H groups in total. The topological polar surface area (TPSA) is 15.3 Å². The molecule has 1 aromatic carbocycles. The second-order valence-electron chi connectivity index (χ2n) is 5.13. The van der Waals surface area contributed by atoms with Crippen molar-refractivity contribution in [3.05, 3.63) is 34.3 Å². The molecule has 0 saturated carbocycles. The molecule has 0 bridgehead atoms. The van der Waals surface area contributed by atoms with Crippen molar-refractivity contribution in [2.45, 2.75) is 45.8 Å². The molecule has 0 amide bonds. The van der Waals surface area contributed by atoms with Crippen molar-refractivity contribution in [3.63, 3.8) is 0 Å². The van der Waals surface area contributed by atoms with Crippen LogP contribution in [0.2, 0.25) is 0 Å². The normalized spacial score (nSPS) is 13.3. The Morgan fingerprint density at radius 2 is 1.94 bits per heavy atom. The summed E-state index contributed by atoms with van der Waals surface area (Å²) in [7, 11) is 2.20. The van der Waals surface area contributed by atoms with Gasteiger partial charge in [-0.2, -0.15) is 0 Å². The minimum absolute atomic E-state index is 0.552. The molecule has 0 fully saturated rings. The number of nitrogens with zero attached hydrogens (tertiary/aromatic N) is 1. The number of hydrogen-bond acceptors (Lipinski definition) is 2. The molecular weight excluding hydrogens is 288 g/mol. The van der Waals surface area contributed by atoms with Gasteiger partial charge in [-0.05, 0) is 25.1 Å². The summed E-state index contributed by atoms with van der Waals surface area (Å²) >= 11 is 3.62. The zero-order valence-corrected chi connectivity index (χ0v) is 13.5. The molecule has 18 heavy (non-hydrogen) atoms. The standard InChI is InChI=1S/C15H25BrN2/c1-5-14(10-17-12(2)3)18(4)11-13-8-6-7-9-15(13)16/h6-9,12,14,17H,5,10-11H2,1-4H3. The third kappa shape index (κ3) is 5.09. The number of benzene rings is 1. The third-order valence-corrected chi connectivity index (χ3v) is 4.01. The van der Waals surface area contributed by atoms with Gasteiger partial charge in [0, 0.05) is 29.6 Å². The Balaban J connectivity index is 2.57. The van der Waals surface area contributed by atoms with Gasteiger partial charge in [-0.25, -0.2) is 0 Å². The van der Waals surface area contributed by atoms with Crippen molar-refractivity contribution in [1.82, 2.24) is 10.2 Å². The van der Waals surface area contributed by atoms with Gasteiger partial charge in [-0.15, -0.1) is 0 Å². The van der Waals surface area contributed by atoms with Crippen LogP contribution < -0.4 is 5.32 Å². The van der Waals surface area contributed by atoms with E-state index in [0.717, 1.165) is 13.1 Å². The minimum atomic E-state index is 0.552. The summed E-state index contributed by atoms with van der Waals surface area (Å²) in [5.74, 6) is 0. The molecule has 2 nitrogen and oxygen atoms in total. The van der Waals surface area contributed by atoms with E-state index < -0.39 is 0 Å². The molecule has 1 atom stereocenters. The van der Waals surface area contributed by atoms with Crippen molar-refractivity contribution in [1.29, 1.82) is 0 Å². The maximum absolute atomic E-state index is 3.62. The Bertz CT molecular complexity index is 352. The van der Waals surface area contributed by atoms with Crippen molar-refractivity contribution in [2.75, 3.05) is 13.6 Å². The Labute approximate surface area is 120 Å². The molecule has 1 rings (SSSR count). The van der Waals surface area contributed by atoms with Gasteiger partial charge in [0.15, 0.2) is 0 Å². The Hall–Kier alpha value is -0.380. The smallest absolute Gasteiger partial charge is 0.0245 e. The van der Waals surface area contributed by atoms with Gasteiger partial charge in [0.2, 0.25) is 0 Å². The van der Waals surface area contributed by atoms with Crippen LogP contribution in [0.3, 0.4) is 0 Å². The first-order chi connectivity index (χ1) is 8.54. The van der Waals surface area contributed by atoms with Crippen molar-refractivity contribution >= 4 is 15.9 Å². The highest BCUT2D eigenvalue weighted by Crippen LogP contribution is 2.18. The van der Waals surface area contributed by atoms with Crippen molar-refractivity contribution in [2.24, 2.45) is 0 Å². The van der Waals surface area contributed by atoms with Gasteiger partial charge in [0.1, 0.15) is 0 Å². The van der Waals surface area contributed by atoms with Crippen LogP contribution in [0, 0.1) is 0 Å². The van der Waals surface area contributed by atoms with Crippen molar-refractivity contribution < 1.29 is 0 Å². The zero-order chi connectivity index (χ0) is 13.5. The minimum Gasteiger partial charge on any atom is -0.313 e. The van der Waals surface area contributed by atoms with Gasteiger partial charge in [0.05, 0.1) is 0 Å². The molecule has 1 aromatic rings. The Kier molecular flexibility index (Phi) is 6.90. The quantitative estimate of drug-likeness (QED) is 0.826. The summed E-state index contributed by atoms with van der Waals surface area (Å²) in [6, 6.07) is 9.59. The van der Waals surface area contributed by atoms with Crippen molar-refractivity contribution in [3.8, 4) is 0 Å². The van der Waals surface area contributed by atoms with Gasteiger partial charge >= 0.3 is 0 Å².